The van der Waals surface area contributed by atoms with E-state index in [1.165, 1.54) is 6.92 Å². The number of non-ortho nitro benzene ring substituents is 1. The fourth-order valence-electron chi connectivity index (χ4n) is 2.34. The topological polar surface area (TPSA) is 63.5 Å². The molecule has 0 heterocycles. The second-order valence-corrected chi connectivity index (χ2v) is 5.58. The zero-order chi connectivity index (χ0) is 15.6. The number of nitrogens with zero attached hydrogens (tertiary/aromatic N) is 2. The highest BCUT2D eigenvalue weighted by atomic mass is 19.1. The zero-order valence-corrected chi connectivity index (χ0v) is 12.3. The van der Waals surface area contributed by atoms with E-state index in [4.69, 9.17) is 0 Å². The minimum atomic E-state index is -0.664. The molecule has 2 rings (SSSR count). The molecule has 1 amide bonds. The van der Waals surface area contributed by atoms with Crippen molar-refractivity contribution in [2.45, 2.75) is 33.1 Å². The summed E-state index contributed by atoms with van der Waals surface area (Å²) < 4.78 is 14.2. The van der Waals surface area contributed by atoms with Crippen LogP contribution in [0.15, 0.2) is 12.1 Å². The van der Waals surface area contributed by atoms with Gasteiger partial charge in [-0.1, -0.05) is 6.92 Å². The van der Waals surface area contributed by atoms with Crippen molar-refractivity contribution in [3.63, 3.8) is 0 Å². The molecule has 1 aliphatic carbocycles. The number of nitro groups is 1. The average molecular weight is 294 g/mol. The summed E-state index contributed by atoms with van der Waals surface area (Å²) >= 11 is 0. The molecule has 0 saturated heterocycles. The lowest BCUT2D eigenvalue weighted by atomic mass is 10.1. The Hall–Kier alpha value is -1.98. The van der Waals surface area contributed by atoms with Gasteiger partial charge in [0, 0.05) is 25.2 Å². The van der Waals surface area contributed by atoms with E-state index in [1.807, 2.05) is 6.92 Å². The molecule has 1 saturated carbocycles. The molecule has 0 aromatic heterocycles. The number of amides is 1. The predicted octanol–water partition coefficient (Wildman–Crippen LogP) is 3.30. The summed E-state index contributed by atoms with van der Waals surface area (Å²) in [6.07, 6.45) is 2.95. The first-order chi connectivity index (χ1) is 9.93. The fourth-order valence-corrected chi connectivity index (χ4v) is 2.34. The van der Waals surface area contributed by atoms with Crippen LogP contribution in [-0.4, -0.2) is 28.8 Å². The molecule has 0 bridgehead atoms. The molecule has 5 nitrogen and oxygen atoms in total. The van der Waals surface area contributed by atoms with Crippen molar-refractivity contribution in [1.82, 2.24) is 4.90 Å². The molecule has 1 aromatic rings. The third-order valence-electron chi connectivity index (χ3n) is 3.64. The number of rotatable bonds is 6. The Balaban J connectivity index is 2.32. The van der Waals surface area contributed by atoms with Gasteiger partial charge in [-0.25, -0.2) is 4.39 Å². The SMILES string of the molecule is CCCN(CC1CC1)C(=O)c1cc([N+](=O)[O-])cc(C)c1F. The van der Waals surface area contributed by atoms with E-state index in [-0.39, 0.29) is 16.8 Å². The molecule has 0 spiro atoms. The number of benzene rings is 1. The Morgan fingerprint density at radius 3 is 2.67 bits per heavy atom. The van der Waals surface area contributed by atoms with Gasteiger partial charge < -0.3 is 4.90 Å². The van der Waals surface area contributed by atoms with E-state index in [1.54, 1.807) is 4.90 Å². The van der Waals surface area contributed by atoms with E-state index < -0.39 is 16.6 Å². The Labute approximate surface area is 122 Å². The number of hydrogen-bond donors (Lipinski definition) is 0. The predicted molar refractivity (Wildman–Crippen MR) is 76.7 cm³/mol. The number of hydrogen-bond acceptors (Lipinski definition) is 3. The Bertz CT molecular complexity index is 570. The molecule has 1 fully saturated rings. The molecule has 1 aliphatic rings. The smallest absolute Gasteiger partial charge is 0.270 e. The maximum Gasteiger partial charge on any atom is 0.270 e. The van der Waals surface area contributed by atoms with Crippen molar-refractivity contribution in [1.29, 1.82) is 0 Å². The van der Waals surface area contributed by atoms with Crippen LogP contribution in [-0.2, 0) is 0 Å². The first kappa shape index (κ1) is 15.4. The number of halogens is 1. The van der Waals surface area contributed by atoms with Crippen LogP contribution in [0.25, 0.3) is 0 Å². The standard InChI is InChI=1S/C15H19FN2O3/c1-3-6-17(9-11-4-5-11)15(19)13-8-12(18(20)21)7-10(2)14(13)16/h7-8,11H,3-6,9H2,1-2H3. The lowest BCUT2D eigenvalue weighted by Crippen LogP contribution is -2.34. The van der Waals surface area contributed by atoms with Crippen molar-refractivity contribution in [3.05, 3.63) is 39.2 Å². The summed E-state index contributed by atoms with van der Waals surface area (Å²) in [5.41, 5.74) is -0.327. The molecule has 21 heavy (non-hydrogen) atoms. The van der Waals surface area contributed by atoms with Gasteiger partial charge in [0.05, 0.1) is 10.5 Å². The molecular weight excluding hydrogens is 275 g/mol. The fraction of sp³-hybridized carbons (Fsp3) is 0.533. The molecular formula is C15H19FN2O3. The van der Waals surface area contributed by atoms with Crippen LogP contribution in [0.3, 0.4) is 0 Å². The molecule has 114 valence electrons. The normalized spacial score (nSPS) is 14.0. The van der Waals surface area contributed by atoms with Crippen LogP contribution in [0.5, 0.6) is 0 Å². The second kappa shape index (κ2) is 6.20. The maximum atomic E-state index is 14.2. The molecule has 0 atom stereocenters. The minimum Gasteiger partial charge on any atom is -0.338 e. The van der Waals surface area contributed by atoms with E-state index in [0.717, 1.165) is 31.4 Å². The molecule has 0 N–H and O–H groups in total. The Morgan fingerprint density at radius 1 is 1.48 bits per heavy atom. The largest absolute Gasteiger partial charge is 0.338 e. The van der Waals surface area contributed by atoms with Crippen LogP contribution in [0.1, 0.15) is 42.1 Å². The van der Waals surface area contributed by atoms with Crippen molar-refractivity contribution in [2.24, 2.45) is 5.92 Å². The quantitative estimate of drug-likeness (QED) is 0.597. The van der Waals surface area contributed by atoms with Crippen LogP contribution in [0.2, 0.25) is 0 Å². The summed E-state index contributed by atoms with van der Waals surface area (Å²) in [6, 6.07) is 2.19. The average Bonchev–Trinajstić information content (AvgIpc) is 3.24. The summed E-state index contributed by atoms with van der Waals surface area (Å²) in [5, 5.41) is 10.9. The van der Waals surface area contributed by atoms with Gasteiger partial charge in [-0.3, -0.25) is 14.9 Å². The summed E-state index contributed by atoms with van der Waals surface area (Å²) in [6.45, 7) is 4.52. The third kappa shape index (κ3) is 3.56. The van der Waals surface area contributed by atoms with Gasteiger partial charge in [-0.05, 0) is 37.7 Å². The number of carbonyl (C=O) groups excluding carboxylic acids is 1. The monoisotopic (exact) mass is 294 g/mol. The van der Waals surface area contributed by atoms with E-state index in [2.05, 4.69) is 0 Å². The van der Waals surface area contributed by atoms with Gasteiger partial charge in [-0.2, -0.15) is 0 Å². The van der Waals surface area contributed by atoms with Gasteiger partial charge in [0.25, 0.3) is 11.6 Å². The highest BCUT2D eigenvalue weighted by Crippen LogP contribution is 2.31. The molecule has 0 radical (unpaired) electrons. The highest BCUT2D eigenvalue weighted by Gasteiger charge is 2.29. The number of carbonyl (C=O) groups is 1. The number of nitro benzene ring substituents is 1. The molecule has 0 aliphatic heterocycles. The van der Waals surface area contributed by atoms with Crippen LogP contribution >= 0.6 is 0 Å². The van der Waals surface area contributed by atoms with Crippen LogP contribution in [0.4, 0.5) is 10.1 Å². The van der Waals surface area contributed by atoms with Crippen LogP contribution < -0.4 is 0 Å². The van der Waals surface area contributed by atoms with Gasteiger partial charge in [0.15, 0.2) is 0 Å². The molecule has 0 unspecified atom stereocenters. The molecule has 1 aromatic carbocycles. The van der Waals surface area contributed by atoms with Crippen molar-refractivity contribution in [2.75, 3.05) is 13.1 Å². The van der Waals surface area contributed by atoms with E-state index >= 15 is 0 Å². The van der Waals surface area contributed by atoms with Crippen molar-refractivity contribution < 1.29 is 14.1 Å². The number of aryl methyl sites for hydroxylation is 1. The maximum absolute atomic E-state index is 14.2. The highest BCUT2D eigenvalue weighted by molar-refractivity contribution is 5.95. The van der Waals surface area contributed by atoms with E-state index in [0.29, 0.717) is 19.0 Å². The van der Waals surface area contributed by atoms with Crippen molar-refractivity contribution >= 4 is 11.6 Å². The summed E-state index contributed by atoms with van der Waals surface area (Å²) in [4.78, 5) is 24.4. The summed E-state index contributed by atoms with van der Waals surface area (Å²) in [5.74, 6) is -0.626. The molecule has 6 heteroatoms. The first-order valence-electron chi connectivity index (χ1n) is 7.17. The van der Waals surface area contributed by atoms with Crippen LogP contribution in [0, 0.1) is 28.8 Å². The van der Waals surface area contributed by atoms with Crippen molar-refractivity contribution in [3.8, 4) is 0 Å². The van der Waals surface area contributed by atoms with Gasteiger partial charge in [0.1, 0.15) is 5.82 Å². The van der Waals surface area contributed by atoms with Gasteiger partial charge in [0.2, 0.25) is 0 Å². The second-order valence-electron chi connectivity index (χ2n) is 5.58. The van der Waals surface area contributed by atoms with Gasteiger partial charge >= 0.3 is 0 Å². The lowest BCUT2D eigenvalue weighted by Gasteiger charge is -2.22. The third-order valence-corrected chi connectivity index (χ3v) is 3.64. The van der Waals surface area contributed by atoms with E-state index in [9.17, 15) is 19.3 Å². The van der Waals surface area contributed by atoms with Gasteiger partial charge in [-0.15, -0.1) is 0 Å². The summed E-state index contributed by atoms with van der Waals surface area (Å²) in [7, 11) is 0. The first-order valence-corrected chi connectivity index (χ1v) is 7.17. The Morgan fingerprint density at radius 2 is 2.14 bits per heavy atom. The lowest BCUT2D eigenvalue weighted by molar-refractivity contribution is -0.385. The minimum absolute atomic E-state index is 0.121. The zero-order valence-electron chi connectivity index (χ0n) is 12.3. The Kier molecular flexibility index (Phi) is 4.55.